The molecule has 2 aromatic rings. The first-order valence-corrected chi connectivity index (χ1v) is 7.21. The summed E-state index contributed by atoms with van der Waals surface area (Å²) in [5.41, 5.74) is 0.163. The Kier molecular flexibility index (Phi) is 2.55. The van der Waals surface area contributed by atoms with Crippen molar-refractivity contribution < 1.29 is 19.3 Å². The predicted octanol–water partition coefficient (Wildman–Crippen LogP) is 1.34. The van der Waals surface area contributed by atoms with Gasteiger partial charge in [0.2, 0.25) is 12.7 Å². The summed E-state index contributed by atoms with van der Waals surface area (Å²) in [5, 5.41) is 10.8. The fourth-order valence-electron chi connectivity index (χ4n) is 3.12. The van der Waals surface area contributed by atoms with E-state index in [1.807, 2.05) is 11.6 Å². The zero-order chi connectivity index (χ0) is 15.6. The van der Waals surface area contributed by atoms with E-state index in [0.29, 0.717) is 40.3 Å². The molecule has 0 bridgehead atoms. The number of fused-ring (bicyclic) bond motifs is 4. The van der Waals surface area contributed by atoms with E-state index in [1.54, 1.807) is 26.0 Å². The summed E-state index contributed by atoms with van der Waals surface area (Å²) in [6, 6.07) is 3.50. The number of aromatic nitrogens is 1. The topological polar surface area (TPSA) is 69.9 Å². The molecule has 1 aromatic heterocycles. The predicted molar refractivity (Wildman–Crippen MR) is 79.7 cm³/mol. The lowest BCUT2D eigenvalue weighted by atomic mass is 9.97. The van der Waals surface area contributed by atoms with Gasteiger partial charge >= 0.3 is 0 Å². The van der Waals surface area contributed by atoms with Crippen LogP contribution in [0.15, 0.2) is 16.9 Å². The number of pyridine rings is 1. The van der Waals surface area contributed by atoms with Crippen LogP contribution in [-0.4, -0.2) is 28.2 Å². The third-order valence-electron chi connectivity index (χ3n) is 4.36. The quantitative estimate of drug-likeness (QED) is 0.861. The second-order valence-corrected chi connectivity index (χ2v) is 6.33. The third-order valence-corrected chi connectivity index (χ3v) is 4.36. The first-order valence-electron chi connectivity index (χ1n) is 7.21. The first kappa shape index (κ1) is 13.5. The van der Waals surface area contributed by atoms with Crippen LogP contribution in [0.3, 0.4) is 0 Å². The van der Waals surface area contributed by atoms with Gasteiger partial charge in [0.15, 0.2) is 16.9 Å². The molecule has 1 N–H and O–H groups in total. The Morgan fingerprint density at radius 2 is 2.09 bits per heavy atom. The van der Waals surface area contributed by atoms with Crippen molar-refractivity contribution in [3.8, 4) is 17.4 Å². The van der Waals surface area contributed by atoms with Gasteiger partial charge in [-0.05, 0) is 26.0 Å². The third kappa shape index (κ3) is 1.67. The lowest BCUT2D eigenvalue weighted by Gasteiger charge is -2.24. The van der Waals surface area contributed by atoms with Crippen LogP contribution in [0.25, 0.3) is 10.9 Å². The monoisotopic (exact) mass is 303 g/mol. The molecule has 0 saturated heterocycles. The number of ether oxygens (including phenoxy) is 3. The lowest BCUT2D eigenvalue weighted by molar-refractivity contribution is -0.0252. The number of hydrogen-bond donors (Lipinski definition) is 1. The van der Waals surface area contributed by atoms with Crippen LogP contribution < -0.4 is 19.6 Å². The summed E-state index contributed by atoms with van der Waals surface area (Å²) in [6.07, 6.45) is -0.0426. The molecule has 0 amide bonds. The van der Waals surface area contributed by atoms with Crippen molar-refractivity contribution in [1.29, 1.82) is 0 Å². The normalized spacial score (nSPS) is 19.4. The smallest absolute Gasteiger partial charge is 0.231 e. The van der Waals surface area contributed by atoms with Gasteiger partial charge in [-0.3, -0.25) is 4.79 Å². The fourth-order valence-corrected chi connectivity index (χ4v) is 3.12. The molecule has 0 radical (unpaired) electrons. The first-order chi connectivity index (χ1) is 10.4. The Balaban J connectivity index is 2.01. The highest BCUT2D eigenvalue weighted by molar-refractivity contribution is 5.89. The highest BCUT2D eigenvalue weighted by Gasteiger charge is 2.38. The molecule has 0 saturated carbocycles. The van der Waals surface area contributed by atoms with Crippen molar-refractivity contribution in [2.75, 3.05) is 6.79 Å². The molecule has 3 heterocycles. The second-order valence-electron chi connectivity index (χ2n) is 6.33. The van der Waals surface area contributed by atoms with E-state index in [1.165, 1.54) is 0 Å². The molecule has 2 aliphatic heterocycles. The molecule has 1 unspecified atom stereocenters. The Labute approximate surface area is 126 Å². The number of hydrogen-bond acceptors (Lipinski definition) is 5. The summed E-state index contributed by atoms with van der Waals surface area (Å²) in [4.78, 5) is 12.8. The Morgan fingerprint density at radius 1 is 1.32 bits per heavy atom. The van der Waals surface area contributed by atoms with Crippen LogP contribution in [0.1, 0.15) is 19.4 Å². The summed E-state index contributed by atoms with van der Waals surface area (Å²) < 4.78 is 18.6. The van der Waals surface area contributed by atoms with Gasteiger partial charge < -0.3 is 23.9 Å². The minimum atomic E-state index is -1.02. The summed E-state index contributed by atoms with van der Waals surface area (Å²) in [5.74, 6) is 1.68. The van der Waals surface area contributed by atoms with E-state index < -0.39 is 11.7 Å². The van der Waals surface area contributed by atoms with Crippen molar-refractivity contribution in [3.05, 3.63) is 27.9 Å². The molecule has 1 aromatic carbocycles. The number of benzene rings is 1. The van der Waals surface area contributed by atoms with Crippen molar-refractivity contribution in [3.63, 3.8) is 0 Å². The molecule has 0 spiro atoms. The van der Waals surface area contributed by atoms with Crippen molar-refractivity contribution in [2.24, 2.45) is 7.05 Å². The maximum absolute atomic E-state index is 12.8. The molecular weight excluding hydrogens is 286 g/mol. The zero-order valence-corrected chi connectivity index (χ0v) is 12.7. The summed E-state index contributed by atoms with van der Waals surface area (Å²) >= 11 is 0. The van der Waals surface area contributed by atoms with Gasteiger partial charge in [-0.15, -0.1) is 0 Å². The van der Waals surface area contributed by atoms with Crippen LogP contribution in [-0.2, 0) is 13.5 Å². The van der Waals surface area contributed by atoms with Gasteiger partial charge in [0, 0.05) is 13.5 Å². The van der Waals surface area contributed by atoms with Gasteiger partial charge in [-0.1, -0.05) is 0 Å². The molecule has 4 rings (SSSR count). The minimum Gasteiger partial charge on any atom is -0.472 e. The van der Waals surface area contributed by atoms with Crippen LogP contribution in [0.2, 0.25) is 0 Å². The number of aryl methyl sites for hydroxylation is 1. The van der Waals surface area contributed by atoms with Gasteiger partial charge in [-0.25, -0.2) is 0 Å². The van der Waals surface area contributed by atoms with E-state index in [9.17, 15) is 9.90 Å². The molecule has 0 aliphatic carbocycles. The maximum atomic E-state index is 12.8. The zero-order valence-electron chi connectivity index (χ0n) is 12.7. The highest BCUT2D eigenvalue weighted by atomic mass is 16.7. The standard InChI is InChI=1S/C16H17NO5/c1-16(2,19)11-6-9-13(18)8-4-5-10-14(21-7-20-10)12(8)17(3)15(9)22-11/h4-5,11,19H,6-7H2,1-3H3. The number of rotatable bonds is 1. The molecule has 22 heavy (non-hydrogen) atoms. The summed E-state index contributed by atoms with van der Waals surface area (Å²) in [6.45, 7) is 3.51. The molecule has 6 nitrogen and oxygen atoms in total. The van der Waals surface area contributed by atoms with Crippen LogP contribution in [0, 0.1) is 0 Å². The number of aliphatic hydroxyl groups is 1. The van der Waals surface area contributed by atoms with Gasteiger partial charge in [-0.2, -0.15) is 0 Å². The summed E-state index contributed by atoms with van der Waals surface area (Å²) in [7, 11) is 1.83. The van der Waals surface area contributed by atoms with E-state index in [-0.39, 0.29) is 12.2 Å². The largest absolute Gasteiger partial charge is 0.472 e. The van der Waals surface area contributed by atoms with Gasteiger partial charge in [0.25, 0.3) is 0 Å². The van der Waals surface area contributed by atoms with Crippen molar-refractivity contribution in [2.45, 2.75) is 32.0 Å². The Morgan fingerprint density at radius 3 is 2.82 bits per heavy atom. The van der Waals surface area contributed by atoms with Crippen LogP contribution >= 0.6 is 0 Å². The average molecular weight is 303 g/mol. The van der Waals surface area contributed by atoms with E-state index >= 15 is 0 Å². The van der Waals surface area contributed by atoms with Crippen LogP contribution in [0.4, 0.5) is 0 Å². The van der Waals surface area contributed by atoms with E-state index in [2.05, 4.69) is 0 Å². The lowest BCUT2D eigenvalue weighted by Crippen LogP contribution is -2.39. The highest BCUT2D eigenvalue weighted by Crippen LogP contribution is 2.41. The Hall–Kier alpha value is -2.21. The molecule has 116 valence electrons. The SMILES string of the molecule is Cn1c2c(c(=O)c3ccc4c(c31)OCO4)CC(C(C)(C)O)O2. The van der Waals surface area contributed by atoms with Gasteiger partial charge in [0.1, 0.15) is 11.6 Å². The van der Waals surface area contributed by atoms with E-state index in [4.69, 9.17) is 14.2 Å². The molecule has 1 atom stereocenters. The molecule has 6 heteroatoms. The number of nitrogens with zero attached hydrogens (tertiary/aromatic N) is 1. The van der Waals surface area contributed by atoms with Crippen molar-refractivity contribution >= 4 is 10.9 Å². The maximum Gasteiger partial charge on any atom is 0.231 e. The Bertz CT molecular complexity index is 846. The molecule has 0 fully saturated rings. The van der Waals surface area contributed by atoms with Crippen molar-refractivity contribution in [1.82, 2.24) is 4.57 Å². The van der Waals surface area contributed by atoms with E-state index in [0.717, 1.165) is 0 Å². The average Bonchev–Trinajstić information content (AvgIpc) is 3.09. The fraction of sp³-hybridized carbons (Fsp3) is 0.438. The molecular formula is C16H17NO5. The van der Waals surface area contributed by atoms with Gasteiger partial charge in [0.05, 0.1) is 16.6 Å². The van der Waals surface area contributed by atoms with Crippen LogP contribution in [0.5, 0.6) is 17.4 Å². The second kappa shape index (κ2) is 4.16. The minimum absolute atomic E-state index is 0.0758. The molecule has 2 aliphatic rings.